The molecule has 1 aromatic heterocycles. The van der Waals surface area contributed by atoms with Gasteiger partial charge in [0.05, 0.1) is 10.5 Å². The summed E-state index contributed by atoms with van der Waals surface area (Å²) in [5.74, 6) is 0.124. The summed E-state index contributed by atoms with van der Waals surface area (Å²) < 4.78 is 0. The molecule has 5 heteroatoms. The predicted octanol–water partition coefficient (Wildman–Crippen LogP) is 3.85. The topological polar surface area (TPSA) is 79.4 Å². The molecule has 1 saturated carbocycles. The number of aryl methyl sites for hydroxylation is 1. The van der Waals surface area contributed by atoms with E-state index < -0.39 is 11.2 Å². The average molecular weight is 346 g/mol. The fourth-order valence-electron chi connectivity index (χ4n) is 3.57. The maximum Gasteiger partial charge on any atom is 0.125 e. The highest BCUT2D eigenvalue weighted by atomic mass is 32.1. The minimum atomic E-state index is -0.964. The maximum absolute atomic E-state index is 11.1. The lowest BCUT2D eigenvalue weighted by molar-refractivity contribution is -0.0642. The molecule has 3 rings (SSSR count). The number of aliphatic hydroxyl groups is 2. The van der Waals surface area contributed by atoms with Gasteiger partial charge >= 0.3 is 0 Å². The van der Waals surface area contributed by atoms with Crippen LogP contribution in [0.2, 0.25) is 0 Å². The zero-order chi connectivity index (χ0) is 17.5. The van der Waals surface area contributed by atoms with E-state index in [2.05, 4.69) is 11.1 Å². The van der Waals surface area contributed by atoms with E-state index in [0.29, 0.717) is 0 Å². The molecule has 1 aliphatic carbocycles. The number of thiazole rings is 1. The Bertz CT molecular complexity index is 706. The van der Waals surface area contributed by atoms with E-state index in [-0.39, 0.29) is 5.92 Å². The standard InChI is InChI=1S/C19H26N2O2S/c1-12-8-13(10-15(20)9-12)16-11-21-17(24-16)19(3,23)14-4-6-18(2,22)7-5-14/h8-11,14,22-23H,4-7,20H2,1-3H3. The van der Waals surface area contributed by atoms with Crippen LogP contribution in [0.25, 0.3) is 10.4 Å². The van der Waals surface area contributed by atoms with Crippen molar-refractivity contribution in [1.29, 1.82) is 0 Å². The number of rotatable bonds is 3. The smallest absolute Gasteiger partial charge is 0.125 e. The van der Waals surface area contributed by atoms with Gasteiger partial charge < -0.3 is 15.9 Å². The Morgan fingerprint density at radius 3 is 2.58 bits per heavy atom. The first-order chi connectivity index (χ1) is 11.2. The molecule has 130 valence electrons. The second-order valence-corrected chi connectivity index (χ2v) is 8.61. The van der Waals surface area contributed by atoms with Crippen LogP contribution >= 0.6 is 11.3 Å². The number of hydrogen-bond acceptors (Lipinski definition) is 5. The zero-order valence-electron chi connectivity index (χ0n) is 14.5. The van der Waals surface area contributed by atoms with Crippen molar-refractivity contribution in [3.63, 3.8) is 0 Å². The SMILES string of the molecule is Cc1cc(N)cc(-c2cnc(C(C)(O)C3CCC(C)(O)CC3)s2)c1. The van der Waals surface area contributed by atoms with E-state index in [0.717, 1.165) is 52.4 Å². The number of anilines is 1. The monoisotopic (exact) mass is 346 g/mol. The number of nitrogen functional groups attached to an aromatic ring is 1. The maximum atomic E-state index is 11.1. The zero-order valence-corrected chi connectivity index (χ0v) is 15.4. The molecule has 1 aliphatic rings. The molecule has 0 saturated heterocycles. The van der Waals surface area contributed by atoms with Crippen molar-refractivity contribution in [1.82, 2.24) is 4.98 Å². The second-order valence-electron chi connectivity index (χ2n) is 7.58. The molecule has 0 radical (unpaired) electrons. The number of aromatic nitrogens is 1. The van der Waals surface area contributed by atoms with Gasteiger partial charge in [-0.1, -0.05) is 6.07 Å². The molecular weight excluding hydrogens is 320 g/mol. The first kappa shape index (κ1) is 17.4. The van der Waals surface area contributed by atoms with Crippen LogP contribution in [-0.2, 0) is 5.60 Å². The highest BCUT2D eigenvalue weighted by Gasteiger charge is 2.41. The summed E-state index contributed by atoms with van der Waals surface area (Å²) in [4.78, 5) is 5.52. The molecule has 1 fully saturated rings. The van der Waals surface area contributed by atoms with E-state index >= 15 is 0 Å². The van der Waals surface area contributed by atoms with Gasteiger partial charge in [-0.2, -0.15) is 0 Å². The number of nitrogens with zero attached hydrogens (tertiary/aromatic N) is 1. The average Bonchev–Trinajstić information content (AvgIpc) is 2.96. The summed E-state index contributed by atoms with van der Waals surface area (Å²) in [7, 11) is 0. The van der Waals surface area contributed by atoms with Crippen molar-refractivity contribution in [3.05, 3.63) is 35.0 Å². The molecule has 24 heavy (non-hydrogen) atoms. The Morgan fingerprint density at radius 2 is 1.96 bits per heavy atom. The number of hydrogen-bond donors (Lipinski definition) is 3. The van der Waals surface area contributed by atoms with Crippen LogP contribution in [-0.4, -0.2) is 20.8 Å². The lowest BCUT2D eigenvalue weighted by Gasteiger charge is -2.39. The summed E-state index contributed by atoms with van der Waals surface area (Å²) in [6.45, 7) is 5.75. The van der Waals surface area contributed by atoms with Crippen LogP contribution in [0, 0.1) is 12.8 Å². The first-order valence-electron chi connectivity index (χ1n) is 8.46. The van der Waals surface area contributed by atoms with E-state index in [4.69, 9.17) is 5.73 Å². The van der Waals surface area contributed by atoms with Crippen molar-refractivity contribution in [2.45, 2.75) is 57.7 Å². The normalized spacial score (nSPS) is 27.0. The Balaban J connectivity index is 1.84. The third kappa shape index (κ3) is 3.48. The predicted molar refractivity (Wildman–Crippen MR) is 98.9 cm³/mol. The van der Waals surface area contributed by atoms with Crippen molar-refractivity contribution in [2.75, 3.05) is 5.73 Å². The molecule has 4 N–H and O–H groups in total. The Morgan fingerprint density at radius 1 is 1.29 bits per heavy atom. The quantitative estimate of drug-likeness (QED) is 0.738. The summed E-state index contributed by atoms with van der Waals surface area (Å²) in [5, 5.41) is 22.0. The van der Waals surface area contributed by atoms with Gasteiger partial charge in [-0.05, 0) is 75.6 Å². The third-order valence-corrected chi connectivity index (χ3v) is 6.45. The summed E-state index contributed by atoms with van der Waals surface area (Å²) in [6, 6.07) is 5.96. The highest BCUT2D eigenvalue weighted by Crippen LogP contribution is 2.44. The van der Waals surface area contributed by atoms with Crippen molar-refractivity contribution in [3.8, 4) is 10.4 Å². The largest absolute Gasteiger partial charge is 0.399 e. The van der Waals surface area contributed by atoms with Gasteiger partial charge in [-0.15, -0.1) is 11.3 Å². The summed E-state index contributed by atoms with van der Waals surface area (Å²) in [5.41, 5.74) is 7.27. The molecular formula is C19H26N2O2S. The van der Waals surface area contributed by atoms with Gasteiger partial charge in [0.15, 0.2) is 0 Å². The van der Waals surface area contributed by atoms with Gasteiger partial charge in [-0.25, -0.2) is 4.98 Å². The third-order valence-electron chi connectivity index (χ3n) is 5.18. The Kier molecular flexibility index (Phi) is 4.45. The van der Waals surface area contributed by atoms with Gasteiger partial charge in [0, 0.05) is 11.9 Å². The molecule has 1 atom stereocenters. The second kappa shape index (κ2) is 6.14. The van der Waals surface area contributed by atoms with Gasteiger partial charge in [0.1, 0.15) is 10.6 Å². The molecule has 0 spiro atoms. The van der Waals surface area contributed by atoms with E-state index in [9.17, 15) is 10.2 Å². The van der Waals surface area contributed by atoms with Crippen molar-refractivity contribution < 1.29 is 10.2 Å². The Hall–Kier alpha value is -1.43. The first-order valence-corrected chi connectivity index (χ1v) is 9.28. The van der Waals surface area contributed by atoms with E-state index in [1.165, 1.54) is 11.3 Å². The summed E-state index contributed by atoms with van der Waals surface area (Å²) >= 11 is 1.52. The van der Waals surface area contributed by atoms with Crippen LogP contribution < -0.4 is 5.73 Å². The molecule has 4 nitrogen and oxygen atoms in total. The molecule has 1 aromatic carbocycles. The van der Waals surface area contributed by atoms with Gasteiger partial charge in [-0.3, -0.25) is 0 Å². The minimum Gasteiger partial charge on any atom is -0.399 e. The van der Waals surface area contributed by atoms with Gasteiger partial charge in [0.2, 0.25) is 0 Å². The molecule has 2 aromatic rings. The van der Waals surface area contributed by atoms with Crippen molar-refractivity contribution >= 4 is 17.0 Å². The lowest BCUT2D eigenvalue weighted by atomic mass is 9.73. The molecule has 0 aliphatic heterocycles. The summed E-state index contributed by atoms with van der Waals surface area (Å²) in [6.07, 6.45) is 4.89. The minimum absolute atomic E-state index is 0.124. The molecule has 0 bridgehead atoms. The Labute approximate surface area is 147 Å². The molecule has 1 unspecified atom stereocenters. The van der Waals surface area contributed by atoms with Crippen LogP contribution in [0.5, 0.6) is 0 Å². The van der Waals surface area contributed by atoms with Crippen LogP contribution in [0.4, 0.5) is 5.69 Å². The number of benzene rings is 1. The van der Waals surface area contributed by atoms with E-state index in [1.54, 1.807) is 0 Å². The number of nitrogens with two attached hydrogens (primary N) is 1. The lowest BCUT2D eigenvalue weighted by Crippen LogP contribution is -2.39. The van der Waals surface area contributed by atoms with Crippen LogP contribution in [0.15, 0.2) is 24.4 Å². The highest BCUT2D eigenvalue weighted by molar-refractivity contribution is 7.15. The fraction of sp³-hybridized carbons (Fsp3) is 0.526. The fourth-order valence-corrected chi connectivity index (χ4v) is 4.60. The van der Waals surface area contributed by atoms with Gasteiger partial charge in [0.25, 0.3) is 0 Å². The molecule has 1 heterocycles. The van der Waals surface area contributed by atoms with E-state index in [1.807, 2.05) is 39.1 Å². The van der Waals surface area contributed by atoms with Crippen molar-refractivity contribution in [2.24, 2.45) is 5.92 Å². The van der Waals surface area contributed by atoms with Crippen LogP contribution in [0.3, 0.4) is 0 Å². The molecule has 0 amide bonds. The van der Waals surface area contributed by atoms with Crippen LogP contribution in [0.1, 0.15) is 50.1 Å².